The van der Waals surface area contributed by atoms with Crippen LogP contribution >= 0.6 is 0 Å². The minimum Gasteiger partial charge on any atom is -0.417 e. The lowest BCUT2D eigenvalue weighted by Crippen LogP contribution is -2.50. The van der Waals surface area contributed by atoms with Gasteiger partial charge in [0, 0.05) is 43.8 Å². The van der Waals surface area contributed by atoms with Crippen molar-refractivity contribution in [3.8, 4) is 17.4 Å². The number of nitrogens with zero attached hydrogens (tertiary/aromatic N) is 6. The van der Waals surface area contributed by atoms with Crippen LogP contribution in [0.25, 0.3) is 33.7 Å². The molecular formula is C25H26F3N7O2. The molecule has 6 rings (SSSR count). The Morgan fingerprint density at radius 1 is 1.19 bits per heavy atom. The number of rotatable bonds is 6. The number of halogens is 3. The van der Waals surface area contributed by atoms with E-state index in [1.165, 1.54) is 17.2 Å². The van der Waals surface area contributed by atoms with Crippen LogP contribution in [-0.4, -0.2) is 66.8 Å². The maximum absolute atomic E-state index is 14.0. The predicted octanol–water partition coefficient (Wildman–Crippen LogP) is 3.51. The Hall–Kier alpha value is -3.67. The number of carbonyl (C=O) groups is 1. The normalized spacial score (nSPS) is 20.3. The fourth-order valence-electron chi connectivity index (χ4n) is 5.04. The highest BCUT2D eigenvalue weighted by Crippen LogP contribution is 2.36. The van der Waals surface area contributed by atoms with E-state index >= 15 is 0 Å². The van der Waals surface area contributed by atoms with Gasteiger partial charge in [-0.15, -0.1) is 0 Å². The van der Waals surface area contributed by atoms with Crippen LogP contribution in [0, 0.1) is 5.92 Å². The van der Waals surface area contributed by atoms with Crippen LogP contribution in [0.1, 0.15) is 29.6 Å². The average Bonchev–Trinajstić information content (AvgIpc) is 3.53. The third kappa shape index (κ3) is 4.50. The molecule has 12 heteroatoms. The number of nitrogens with two attached hydrogens (primary N) is 1. The van der Waals surface area contributed by atoms with Crippen LogP contribution in [0.15, 0.2) is 30.5 Å². The Morgan fingerprint density at radius 2 is 2.00 bits per heavy atom. The highest BCUT2D eigenvalue weighted by Gasteiger charge is 2.30. The van der Waals surface area contributed by atoms with E-state index in [0.717, 1.165) is 23.9 Å². The van der Waals surface area contributed by atoms with Crippen molar-refractivity contribution >= 4 is 28.1 Å². The number of aromatic nitrogens is 5. The minimum absolute atomic E-state index is 0.00354. The topological polar surface area (TPSA) is 104 Å². The van der Waals surface area contributed by atoms with Crippen molar-refractivity contribution in [2.45, 2.75) is 44.6 Å². The van der Waals surface area contributed by atoms with E-state index in [0.29, 0.717) is 40.7 Å². The summed E-state index contributed by atoms with van der Waals surface area (Å²) in [6.45, 7) is -2.00. The summed E-state index contributed by atoms with van der Waals surface area (Å²) >= 11 is 0. The quantitative estimate of drug-likeness (QED) is 0.423. The number of amides is 1. The molecule has 0 spiro atoms. The van der Waals surface area contributed by atoms with E-state index in [2.05, 4.69) is 14.7 Å². The molecular weight excluding hydrogens is 487 g/mol. The van der Waals surface area contributed by atoms with Gasteiger partial charge in [0.25, 0.3) is 5.91 Å². The second-order valence-electron chi connectivity index (χ2n) is 9.89. The van der Waals surface area contributed by atoms with Gasteiger partial charge >= 0.3 is 6.61 Å². The van der Waals surface area contributed by atoms with Crippen LogP contribution in [0.2, 0.25) is 0 Å². The smallest absolute Gasteiger partial charge is 0.388 e. The standard InChI is InChI=1S/C25H26F3N7O2/c1-33-22-18(6-15(9-30-22)24(36)34-11-16(26)8-17(29)12-34)31-23(33)19-7-14-4-5-20(37-25(27)28)32-21(14)35(19)10-13-2-3-13/h4-7,9,13,16-17,25H,2-3,8,10-12,29H2,1H3/t16-,17?/m1/s1. The van der Waals surface area contributed by atoms with Crippen molar-refractivity contribution in [1.29, 1.82) is 0 Å². The Bertz CT molecular complexity index is 1490. The molecule has 194 valence electrons. The van der Waals surface area contributed by atoms with Crippen LogP contribution in [0.3, 0.4) is 0 Å². The van der Waals surface area contributed by atoms with Gasteiger partial charge < -0.3 is 24.5 Å². The molecule has 2 atom stereocenters. The van der Waals surface area contributed by atoms with Gasteiger partial charge in [-0.1, -0.05) is 0 Å². The lowest BCUT2D eigenvalue weighted by atomic mass is 10.0. The summed E-state index contributed by atoms with van der Waals surface area (Å²) in [5.41, 5.74) is 8.61. The summed E-state index contributed by atoms with van der Waals surface area (Å²) < 4.78 is 47.9. The van der Waals surface area contributed by atoms with Gasteiger partial charge in [-0.25, -0.2) is 14.4 Å². The maximum Gasteiger partial charge on any atom is 0.388 e. The fourth-order valence-corrected chi connectivity index (χ4v) is 5.04. The molecule has 1 saturated carbocycles. The molecule has 1 aliphatic heterocycles. The van der Waals surface area contributed by atoms with Crippen LogP contribution in [0.4, 0.5) is 13.2 Å². The van der Waals surface area contributed by atoms with Crippen LogP contribution < -0.4 is 10.5 Å². The highest BCUT2D eigenvalue weighted by atomic mass is 19.3. The van der Waals surface area contributed by atoms with Gasteiger partial charge in [0.1, 0.15) is 17.3 Å². The summed E-state index contributed by atoms with van der Waals surface area (Å²) in [5.74, 6) is 0.596. The van der Waals surface area contributed by atoms with E-state index in [1.54, 1.807) is 12.1 Å². The monoisotopic (exact) mass is 513 g/mol. The molecule has 37 heavy (non-hydrogen) atoms. The van der Waals surface area contributed by atoms with E-state index < -0.39 is 18.8 Å². The van der Waals surface area contributed by atoms with Crippen LogP contribution in [-0.2, 0) is 13.6 Å². The number of fused-ring (bicyclic) bond motifs is 2. The highest BCUT2D eigenvalue weighted by molar-refractivity contribution is 5.97. The van der Waals surface area contributed by atoms with E-state index in [4.69, 9.17) is 10.7 Å². The number of pyridine rings is 2. The lowest BCUT2D eigenvalue weighted by molar-refractivity contribution is -0.0526. The SMILES string of the molecule is Cn1c(-c2cc3ccc(OC(F)F)nc3n2CC2CC2)nc2cc(C(=O)N3CC(N)C[C@@H](F)C3)cnc21. The van der Waals surface area contributed by atoms with E-state index in [-0.39, 0.29) is 31.3 Å². The lowest BCUT2D eigenvalue weighted by Gasteiger charge is -2.32. The number of ether oxygens (including phenoxy) is 1. The molecule has 1 aliphatic carbocycles. The van der Waals surface area contributed by atoms with Gasteiger partial charge in [-0.3, -0.25) is 4.79 Å². The first-order valence-corrected chi connectivity index (χ1v) is 12.2. The van der Waals surface area contributed by atoms with E-state index in [9.17, 15) is 18.0 Å². The van der Waals surface area contributed by atoms with Crippen molar-refractivity contribution < 1.29 is 22.7 Å². The van der Waals surface area contributed by atoms with Crippen LogP contribution in [0.5, 0.6) is 5.88 Å². The minimum atomic E-state index is -2.96. The van der Waals surface area contributed by atoms with Crippen molar-refractivity contribution in [3.63, 3.8) is 0 Å². The molecule has 9 nitrogen and oxygen atoms in total. The number of likely N-dealkylation sites (tertiary alicyclic amines) is 1. The van der Waals surface area contributed by atoms with Gasteiger partial charge in [-0.05, 0) is 43.4 Å². The summed E-state index contributed by atoms with van der Waals surface area (Å²) in [6, 6.07) is 6.29. The number of hydrogen-bond acceptors (Lipinski definition) is 6. The average molecular weight is 514 g/mol. The molecule has 0 bridgehead atoms. The van der Waals surface area contributed by atoms with E-state index in [1.807, 2.05) is 22.2 Å². The molecule has 0 aromatic carbocycles. The summed E-state index contributed by atoms with van der Waals surface area (Å²) in [6.07, 6.45) is 2.73. The first-order valence-electron chi connectivity index (χ1n) is 12.2. The maximum atomic E-state index is 14.0. The number of piperidine rings is 1. The third-order valence-electron chi connectivity index (χ3n) is 6.97. The predicted molar refractivity (Wildman–Crippen MR) is 130 cm³/mol. The molecule has 5 heterocycles. The number of imidazole rings is 1. The van der Waals surface area contributed by atoms with Crippen molar-refractivity contribution in [3.05, 3.63) is 36.0 Å². The second-order valence-corrected chi connectivity index (χ2v) is 9.89. The molecule has 1 amide bonds. The second kappa shape index (κ2) is 9.02. The Morgan fingerprint density at radius 3 is 2.73 bits per heavy atom. The molecule has 1 saturated heterocycles. The Labute approximate surface area is 210 Å². The molecule has 2 aliphatic rings. The molecule has 2 fully saturated rings. The zero-order valence-corrected chi connectivity index (χ0v) is 20.1. The first kappa shape index (κ1) is 23.7. The first-order chi connectivity index (χ1) is 17.8. The number of hydrogen-bond donors (Lipinski definition) is 1. The van der Waals surface area contributed by atoms with Crippen molar-refractivity contribution in [1.82, 2.24) is 29.0 Å². The molecule has 4 aromatic heterocycles. The number of carbonyl (C=O) groups excluding carboxylic acids is 1. The molecule has 4 aromatic rings. The molecule has 1 unspecified atom stereocenters. The summed E-state index contributed by atoms with van der Waals surface area (Å²) in [5, 5.41) is 0.773. The summed E-state index contributed by atoms with van der Waals surface area (Å²) in [7, 11) is 1.83. The third-order valence-corrected chi connectivity index (χ3v) is 6.97. The van der Waals surface area contributed by atoms with Gasteiger partial charge in [0.2, 0.25) is 5.88 Å². The number of aryl methyl sites for hydroxylation is 1. The Kier molecular flexibility index (Phi) is 5.78. The van der Waals surface area contributed by atoms with Gasteiger partial charge in [0.05, 0.1) is 17.8 Å². The van der Waals surface area contributed by atoms with Crippen molar-refractivity contribution in [2.75, 3.05) is 13.1 Å². The number of alkyl halides is 3. The zero-order chi connectivity index (χ0) is 25.8. The van der Waals surface area contributed by atoms with Gasteiger partial charge in [0.15, 0.2) is 11.5 Å². The molecule has 2 N–H and O–H groups in total. The largest absolute Gasteiger partial charge is 0.417 e. The zero-order valence-electron chi connectivity index (χ0n) is 20.1. The summed E-state index contributed by atoms with van der Waals surface area (Å²) in [4.78, 5) is 28.1. The van der Waals surface area contributed by atoms with Crippen molar-refractivity contribution in [2.24, 2.45) is 18.7 Å². The Balaban J connectivity index is 1.40. The van der Waals surface area contributed by atoms with Gasteiger partial charge in [-0.2, -0.15) is 13.8 Å². The fraction of sp³-hybridized carbons (Fsp3) is 0.440. The molecule has 0 radical (unpaired) electrons.